The molecule has 0 aromatic heterocycles. The van der Waals surface area contributed by atoms with E-state index in [1.807, 2.05) is 0 Å². The molecule has 0 aliphatic heterocycles. The molecule has 1 atom stereocenters. The average molecular weight is 95.8 g/mol. The Morgan fingerprint density at radius 3 is 2.14 bits per heavy atom. The van der Waals surface area contributed by atoms with Gasteiger partial charge in [0.25, 0.3) is 0 Å². The summed E-state index contributed by atoms with van der Waals surface area (Å²) >= 11 is 1.72. The summed E-state index contributed by atoms with van der Waals surface area (Å²) in [6, 6.07) is 0. The van der Waals surface area contributed by atoms with Gasteiger partial charge in [-0.3, -0.25) is 0 Å². The first-order chi connectivity index (χ1) is 3.13. The van der Waals surface area contributed by atoms with Gasteiger partial charge in [-0.2, -0.15) is 0 Å². The van der Waals surface area contributed by atoms with E-state index in [0.717, 1.165) is 0 Å². The molecular weight excluding hydrogens is 89.8 g/mol. The van der Waals surface area contributed by atoms with Gasteiger partial charge in [-0.25, -0.2) is 0 Å². The third-order valence-corrected chi connectivity index (χ3v) is 0.394. The molecule has 0 fully saturated rings. The van der Waals surface area contributed by atoms with Gasteiger partial charge in [-0.1, -0.05) is 0 Å². The first-order valence-corrected chi connectivity index (χ1v) is 2.14. The van der Waals surface area contributed by atoms with E-state index in [0.29, 0.717) is 0 Å². The third kappa shape index (κ3) is 6.54. The second-order valence-electron chi connectivity index (χ2n) is 1.51. The van der Waals surface area contributed by atoms with Crippen LogP contribution in [0.25, 0.3) is 0 Å². The van der Waals surface area contributed by atoms with E-state index < -0.39 is 7.32 Å². The van der Waals surface area contributed by atoms with E-state index in [9.17, 15) is 0 Å². The van der Waals surface area contributed by atoms with Crippen LogP contribution in [0.1, 0.15) is 6.92 Å². The number of rotatable bonds is 2. The van der Waals surface area contributed by atoms with Crippen molar-refractivity contribution in [1.82, 2.24) is 0 Å². The predicted molar refractivity (Wildman–Crippen MR) is 26.5 cm³/mol. The van der Waals surface area contributed by atoms with Crippen LogP contribution < -0.4 is 0 Å². The van der Waals surface area contributed by atoms with Crippen LogP contribution in [0.15, 0.2) is 0 Å². The number of hydrogen-bond acceptors (Lipinski definition) is 3. The molecule has 0 heterocycles. The van der Waals surface area contributed by atoms with Crippen molar-refractivity contribution in [1.29, 1.82) is 0 Å². The fraction of sp³-hybridized carbons (Fsp3) is 1.00. The zero-order valence-electron chi connectivity index (χ0n) is 4.46. The summed E-state index contributed by atoms with van der Waals surface area (Å²) in [4.78, 5) is 0. The van der Waals surface area contributed by atoms with Crippen LogP contribution in [0.4, 0.5) is 0 Å². The Bertz CT molecular complexity index is 42.2. The van der Waals surface area contributed by atoms with Crippen LogP contribution in [0.3, 0.4) is 0 Å². The molecule has 5 heteroatoms. The van der Waals surface area contributed by atoms with Crippen molar-refractivity contribution in [2.45, 2.75) is 11.7 Å². The molecule has 0 bridgehead atoms. The maximum atomic E-state index is 8.06. The second kappa shape index (κ2) is 3.53. The topological polar surface area (TPSA) is 49.7 Å². The van der Waals surface area contributed by atoms with E-state index in [-0.39, 0.29) is 4.78 Å². The van der Waals surface area contributed by atoms with Crippen LogP contribution in [0.2, 0.25) is 0 Å². The molecule has 0 rings (SSSR count). The zero-order valence-corrected chi connectivity index (χ0v) is 4.46. The molecule has 0 aliphatic rings. The zero-order chi connectivity index (χ0) is 5.86. The summed E-state index contributed by atoms with van der Waals surface area (Å²) in [6.07, 6.45) is 0. The van der Waals surface area contributed by atoms with Crippen LogP contribution in [-0.2, 0) is 4.65 Å². The molecule has 0 spiro atoms. The normalized spacial score (nSPS) is 13.9. The Morgan fingerprint density at radius 2 is 2.14 bits per heavy atom. The molecular formula is C2H6BLiO3. The van der Waals surface area contributed by atoms with Gasteiger partial charge in [0, 0.05) is 0 Å². The van der Waals surface area contributed by atoms with Crippen LogP contribution >= 0.6 is 0 Å². The summed E-state index contributed by atoms with van der Waals surface area (Å²) in [6.45, 7) is 1.72. The SMILES string of the molecule is [Li][CH](C)OB(O)O. The van der Waals surface area contributed by atoms with Gasteiger partial charge < -0.3 is 0 Å². The van der Waals surface area contributed by atoms with Crippen LogP contribution in [-0.4, -0.2) is 39.9 Å². The Labute approximate surface area is 52.1 Å². The monoisotopic (exact) mass is 96.1 g/mol. The molecule has 0 saturated heterocycles. The second-order valence-corrected chi connectivity index (χ2v) is 1.51. The van der Waals surface area contributed by atoms with E-state index in [1.54, 1.807) is 24.6 Å². The maximum absolute atomic E-state index is 8.06. The quantitative estimate of drug-likeness (QED) is 0.410. The van der Waals surface area contributed by atoms with Crippen molar-refractivity contribution in [3.05, 3.63) is 0 Å². The Morgan fingerprint density at radius 1 is 1.71 bits per heavy atom. The summed E-state index contributed by atoms with van der Waals surface area (Å²) in [7, 11) is -1.63. The molecule has 3 nitrogen and oxygen atoms in total. The third-order valence-electron chi connectivity index (χ3n) is 0.394. The molecule has 0 radical (unpaired) electrons. The van der Waals surface area contributed by atoms with Gasteiger partial charge in [0.2, 0.25) is 0 Å². The Kier molecular flexibility index (Phi) is 3.81. The summed E-state index contributed by atoms with van der Waals surface area (Å²) < 4.78 is 4.24. The van der Waals surface area contributed by atoms with Crippen molar-refractivity contribution in [2.75, 3.05) is 0 Å². The Hall–Kier alpha value is 0.542. The molecule has 0 aromatic rings. The summed E-state index contributed by atoms with van der Waals surface area (Å²) in [5.41, 5.74) is 0. The van der Waals surface area contributed by atoms with Crippen molar-refractivity contribution < 1.29 is 14.7 Å². The van der Waals surface area contributed by atoms with Gasteiger partial charge in [0.05, 0.1) is 0 Å². The summed E-state index contributed by atoms with van der Waals surface area (Å²) in [5.74, 6) is 0. The van der Waals surface area contributed by atoms with Crippen LogP contribution in [0, 0.1) is 0 Å². The molecule has 1 unspecified atom stereocenters. The Balaban J connectivity index is 2.95. The molecule has 2 N–H and O–H groups in total. The van der Waals surface area contributed by atoms with Crippen molar-refractivity contribution in [3.8, 4) is 0 Å². The average Bonchev–Trinajstić information content (AvgIpc) is 1.27. The van der Waals surface area contributed by atoms with Gasteiger partial charge in [0.15, 0.2) is 0 Å². The van der Waals surface area contributed by atoms with E-state index in [2.05, 4.69) is 4.65 Å². The van der Waals surface area contributed by atoms with Crippen molar-refractivity contribution >= 4 is 25.0 Å². The van der Waals surface area contributed by atoms with Crippen molar-refractivity contribution in [2.24, 2.45) is 0 Å². The molecule has 0 amide bonds. The van der Waals surface area contributed by atoms with Gasteiger partial charge in [-0.15, -0.1) is 0 Å². The molecule has 0 aliphatic carbocycles. The van der Waals surface area contributed by atoms with Crippen LogP contribution in [0.5, 0.6) is 0 Å². The van der Waals surface area contributed by atoms with Crippen molar-refractivity contribution in [3.63, 3.8) is 0 Å². The van der Waals surface area contributed by atoms with E-state index in [4.69, 9.17) is 10.0 Å². The number of hydrogen-bond donors (Lipinski definition) is 2. The van der Waals surface area contributed by atoms with E-state index >= 15 is 0 Å². The first kappa shape index (κ1) is 7.54. The predicted octanol–water partition coefficient (Wildman–Crippen LogP) is -1.51. The molecule has 0 aromatic carbocycles. The van der Waals surface area contributed by atoms with Gasteiger partial charge in [-0.05, 0) is 0 Å². The fourth-order valence-electron chi connectivity index (χ4n) is 0.243. The standard InChI is InChI=1S/C2H6BO3.Li/c1-2-6-3(4)5;/h2,4-5H,1H3;. The first-order valence-electron chi connectivity index (χ1n) is 2.14. The van der Waals surface area contributed by atoms with E-state index in [1.165, 1.54) is 0 Å². The summed E-state index contributed by atoms with van der Waals surface area (Å²) in [5, 5.41) is 16.1. The van der Waals surface area contributed by atoms with Gasteiger partial charge >= 0.3 is 51.4 Å². The fourth-order valence-corrected chi connectivity index (χ4v) is 0.243. The molecule has 7 heavy (non-hydrogen) atoms. The minimum absolute atomic E-state index is 0.125. The van der Waals surface area contributed by atoms with Gasteiger partial charge in [0.1, 0.15) is 0 Å². The molecule has 0 saturated carbocycles. The molecule has 36 valence electrons. The minimum atomic E-state index is -1.63.